The highest BCUT2D eigenvalue weighted by Crippen LogP contribution is 2.31. The molecule has 1 aromatic heterocycles. The summed E-state index contributed by atoms with van der Waals surface area (Å²) in [5, 5.41) is 2.48. The summed E-state index contributed by atoms with van der Waals surface area (Å²) in [6.45, 7) is 2.08. The highest BCUT2D eigenvalue weighted by atomic mass is 79.9. The first-order valence-electron chi connectivity index (χ1n) is 6.50. The van der Waals surface area contributed by atoms with Gasteiger partial charge in [0.05, 0.1) is 0 Å². The summed E-state index contributed by atoms with van der Waals surface area (Å²) in [5.41, 5.74) is 2.35. The number of fused-ring (bicyclic) bond motifs is 1. The van der Waals surface area contributed by atoms with Gasteiger partial charge in [0.15, 0.2) is 0 Å². The van der Waals surface area contributed by atoms with Crippen LogP contribution in [0, 0.1) is 6.92 Å². The molecule has 0 spiro atoms. The predicted octanol–water partition coefficient (Wildman–Crippen LogP) is 5.07. The maximum atomic E-state index is 4.50. The van der Waals surface area contributed by atoms with Crippen molar-refractivity contribution in [2.24, 2.45) is 0 Å². The molecule has 0 amide bonds. The molecule has 0 aliphatic rings. The summed E-state index contributed by atoms with van der Waals surface area (Å²) in [5.74, 6) is 0.946. The molecule has 3 aromatic rings. The molecule has 2 nitrogen and oxygen atoms in total. The van der Waals surface area contributed by atoms with E-state index in [1.165, 1.54) is 16.3 Å². The van der Waals surface area contributed by atoms with E-state index in [4.69, 9.17) is 0 Å². The highest BCUT2D eigenvalue weighted by molar-refractivity contribution is 9.10. The van der Waals surface area contributed by atoms with E-state index in [1.54, 1.807) is 0 Å². The van der Waals surface area contributed by atoms with E-state index >= 15 is 0 Å². The number of anilines is 2. The van der Waals surface area contributed by atoms with Crippen LogP contribution in [0.2, 0.25) is 0 Å². The molecule has 20 heavy (non-hydrogen) atoms. The first-order chi connectivity index (χ1) is 9.66. The molecule has 2 aromatic carbocycles. The summed E-state index contributed by atoms with van der Waals surface area (Å²) >= 11 is 3.49. The lowest BCUT2D eigenvalue weighted by Crippen LogP contribution is -2.11. The van der Waals surface area contributed by atoms with E-state index in [-0.39, 0.29) is 0 Å². The number of benzene rings is 2. The maximum Gasteiger partial charge on any atom is 0.133 e. The zero-order valence-corrected chi connectivity index (χ0v) is 13.1. The predicted molar refractivity (Wildman–Crippen MR) is 88.7 cm³/mol. The van der Waals surface area contributed by atoms with Gasteiger partial charge >= 0.3 is 0 Å². The molecule has 0 unspecified atom stereocenters. The van der Waals surface area contributed by atoms with Gasteiger partial charge in [-0.2, -0.15) is 0 Å². The Bertz CT molecular complexity index is 763. The van der Waals surface area contributed by atoms with Gasteiger partial charge in [-0.15, -0.1) is 0 Å². The minimum absolute atomic E-state index is 0.946. The second kappa shape index (κ2) is 5.25. The normalized spacial score (nSPS) is 10.8. The van der Waals surface area contributed by atoms with Gasteiger partial charge in [-0.3, -0.25) is 0 Å². The number of aromatic nitrogens is 1. The van der Waals surface area contributed by atoms with Gasteiger partial charge in [-0.1, -0.05) is 36.4 Å². The van der Waals surface area contributed by atoms with Gasteiger partial charge in [0, 0.05) is 28.8 Å². The van der Waals surface area contributed by atoms with Crippen molar-refractivity contribution >= 4 is 38.2 Å². The molecule has 0 atom stereocenters. The minimum Gasteiger partial charge on any atom is -0.329 e. The molecule has 0 saturated heterocycles. The van der Waals surface area contributed by atoms with E-state index in [0.717, 1.165) is 16.0 Å². The molecule has 3 heteroatoms. The van der Waals surface area contributed by atoms with Crippen LogP contribution in [0.15, 0.2) is 59.2 Å². The van der Waals surface area contributed by atoms with Crippen LogP contribution >= 0.6 is 15.9 Å². The second-order valence-corrected chi connectivity index (χ2v) is 5.70. The topological polar surface area (TPSA) is 16.1 Å². The van der Waals surface area contributed by atoms with Crippen molar-refractivity contribution in [2.45, 2.75) is 6.92 Å². The van der Waals surface area contributed by atoms with Gasteiger partial charge < -0.3 is 4.90 Å². The van der Waals surface area contributed by atoms with Crippen molar-refractivity contribution < 1.29 is 0 Å². The van der Waals surface area contributed by atoms with Crippen LogP contribution < -0.4 is 4.90 Å². The molecular formula is C17H15BrN2. The number of nitrogens with zero attached hydrogens (tertiary/aromatic N) is 2. The van der Waals surface area contributed by atoms with Crippen LogP contribution in [0.4, 0.5) is 11.5 Å². The Labute approximate surface area is 127 Å². The molecule has 100 valence electrons. The molecule has 0 fully saturated rings. The number of pyridine rings is 1. The largest absolute Gasteiger partial charge is 0.329 e. The average Bonchev–Trinajstić information content (AvgIpc) is 2.49. The summed E-state index contributed by atoms with van der Waals surface area (Å²) in [6, 6.07) is 16.8. The quantitative estimate of drug-likeness (QED) is 0.653. The zero-order chi connectivity index (χ0) is 14.1. The monoisotopic (exact) mass is 326 g/mol. The van der Waals surface area contributed by atoms with Gasteiger partial charge in [-0.05, 0) is 45.9 Å². The lowest BCUT2D eigenvalue weighted by atomic mass is 10.1. The Balaban J connectivity index is 2.12. The summed E-state index contributed by atoms with van der Waals surface area (Å²) in [4.78, 5) is 6.63. The Morgan fingerprint density at radius 2 is 1.80 bits per heavy atom. The standard InChI is InChI=1S/C17H15BrN2/c1-12-10-17(19-11-15(12)18)20(2)16-9-5-7-13-6-3-4-8-14(13)16/h3-11H,1-2H3. The molecule has 1 heterocycles. The highest BCUT2D eigenvalue weighted by Gasteiger charge is 2.09. The van der Waals surface area contributed by atoms with Gasteiger partial charge in [-0.25, -0.2) is 4.98 Å². The fraction of sp³-hybridized carbons (Fsp3) is 0.118. The number of aryl methyl sites for hydroxylation is 1. The van der Waals surface area contributed by atoms with Gasteiger partial charge in [0.25, 0.3) is 0 Å². The first-order valence-corrected chi connectivity index (χ1v) is 7.30. The third kappa shape index (κ3) is 2.29. The van der Waals surface area contributed by atoms with Gasteiger partial charge in [0.2, 0.25) is 0 Å². The summed E-state index contributed by atoms with van der Waals surface area (Å²) in [7, 11) is 2.05. The number of hydrogen-bond acceptors (Lipinski definition) is 2. The summed E-state index contributed by atoms with van der Waals surface area (Å²) in [6.07, 6.45) is 1.85. The Morgan fingerprint density at radius 3 is 2.60 bits per heavy atom. The Hall–Kier alpha value is -1.87. The van der Waals surface area contributed by atoms with Crippen LogP contribution in [0.1, 0.15) is 5.56 Å². The fourth-order valence-corrected chi connectivity index (χ4v) is 2.55. The maximum absolute atomic E-state index is 4.50. The summed E-state index contributed by atoms with van der Waals surface area (Å²) < 4.78 is 1.03. The van der Waals surface area contributed by atoms with Crippen molar-refractivity contribution in [3.8, 4) is 0 Å². The van der Waals surface area contributed by atoms with Crippen molar-refractivity contribution in [3.63, 3.8) is 0 Å². The van der Waals surface area contributed by atoms with E-state index in [9.17, 15) is 0 Å². The first kappa shape index (κ1) is 13.1. The van der Waals surface area contributed by atoms with Crippen molar-refractivity contribution in [1.29, 1.82) is 0 Å². The van der Waals surface area contributed by atoms with Crippen molar-refractivity contribution in [3.05, 3.63) is 64.8 Å². The van der Waals surface area contributed by atoms with Crippen molar-refractivity contribution in [1.82, 2.24) is 4.98 Å². The van der Waals surface area contributed by atoms with E-state index < -0.39 is 0 Å². The van der Waals surface area contributed by atoms with Crippen molar-refractivity contribution in [2.75, 3.05) is 11.9 Å². The van der Waals surface area contributed by atoms with Crippen LogP contribution in [-0.2, 0) is 0 Å². The molecule has 0 aliphatic heterocycles. The SMILES string of the molecule is Cc1cc(N(C)c2cccc3ccccc23)ncc1Br. The molecule has 0 saturated carbocycles. The van der Waals surface area contributed by atoms with Crippen LogP contribution in [-0.4, -0.2) is 12.0 Å². The molecule has 0 N–H and O–H groups in total. The molecular weight excluding hydrogens is 312 g/mol. The van der Waals surface area contributed by atoms with Crippen LogP contribution in [0.3, 0.4) is 0 Å². The van der Waals surface area contributed by atoms with E-state index in [2.05, 4.69) is 88.3 Å². The number of rotatable bonds is 2. The average molecular weight is 327 g/mol. The number of halogens is 1. The fourth-order valence-electron chi connectivity index (χ4n) is 2.33. The lowest BCUT2D eigenvalue weighted by molar-refractivity contribution is 1.12. The van der Waals surface area contributed by atoms with E-state index in [0.29, 0.717) is 0 Å². The van der Waals surface area contributed by atoms with Crippen LogP contribution in [0.25, 0.3) is 10.8 Å². The van der Waals surface area contributed by atoms with Gasteiger partial charge in [0.1, 0.15) is 5.82 Å². The molecule has 0 bridgehead atoms. The third-order valence-corrected chi connectivity index (χ3v) is 4.33. The molecule has 0 radical (unpaired) electrons. The molecule has 3 rings (SSSR count). The van der Waals surface area contributed by atoms with E-state index in [1.807, 2.05) is 6.20 Å². The van der Waals surface area contributed by atoms with Crippen LogP contribution in [0.5, 0.6) is 0 Å². The number of hydrogen-bond donors (Lipinski definition) is 0. The smallest absolute Gasteiger partial charge is 0.133 e. The second-order valence-electron chi connectivity index (χ2n) is 4.85. The minimum atomic E-state index is 0.946. The third-order valence-electron chi connectivity index (χ3n) is 3.50. The molecule has 0 aliphatic carbocycles. The Morgan fingerprint density at radius 1 is 1.05 bits per heavy atom. The zero-order valence-electron chi connectivity index (χ0n) is 11.5. The Kier molecular flexibility index (Phi) is 3.45. The lowest BCUT2D eigenvalue weighted by Gasteiger charge is -2.21.